The van der Waals surface area contributed by atoms with Crippen molar-refractivity contribution < 1.29 is 74.6 Å². The molecule has 0 saturated heterocycles. The molecule has 1 atom stereocenters. The Bertz CT molecular complexity index is 589. The van der Waals surface area contributed by atoms with Crippen molar-refractivity contribution in [3.63, 3.8) is 0 Å². The molecule has 0 aromatic rings. The van der Waals surface area contributed by atoms with Gasteiger partial charge in [0.2, 0.25) is 0 Å². The molecule has 18 heteroatoms. The van der Waals surface area contributed by atoms with Crippen molar-refractivity contribution in [3.05, 3.63) is 0 Å². The molecule has 0 heterocycles. The summed E-state index contributed by atoms with van der Waals surface area (Å²) >= 11 is 0.289. The van der Waals surface area contributed by atoms with Gasteiger partial charge in [-0.1, -0.05) is 29.5 Å². The van der Waals surface area contributed by atoms with E-state index in [1.54, 1.807) is 0 Å². The molecule has 0 aliphatic rings. The van der Waals surface area contributed by atoms with Gasteiger partial charge in [-0.25, -0.2) is 0 Å². The van der Waals surface area contributed by atoms with E-state index < -0.39 is 58.0 Å². The Labute approximate surface area is 162 Å². The summed E-state index contributed by atoms with van der Waals surface area (Å²) in [5.74, 6) is -55.8. The fraction of sp³-hybridized carbons (Fsp3) is 1.00. The Hall–Kier alpha value is -0.460. The lowest BCUT2D eigenvalue weighted by Gasteiger charge is -2.43. The third-order valence-corrected chi connectivity index (χ3v) is 5.16. The van der Waals surface area contributed by atoms with Crippen LogP contribution in [0.15, 0.2) is 0 Å². The molecule has 0 aliphatic heterocycles. The van der Waals surface area contributed by atoms with Crippen LogP contribution in [0.1, 0.15) is 13.3 Å². The van der Waals surface area contributed by atoms with Gasteiger partial charge in [0, 0.05) is 0 Å². The van der Waals surface area contributed by atoms with Crippen LogP contribution in [0.25, 0.3) is 0 Å². The van der Waals surface area contributed by atoms with Crippen molar-refractivity contribution in [1.82, 2.24) is 0 Å². The summed E-state index contributed by atoms with van der Waals surface area (Å²) in [6, 6.07) is 0. The van der Waals surface area contributed by atoms with Gasteiger partial charge in [-0.05, 0) is 6.42 Å². The maximum atomic E-state index is 13.4. The summed E-state index contributed by atoms with van der Waals surface area (Å²) in [4.78, 5) is 0. The highest BCUT2D eigenvalue weighted by atomic mass is 127. The minimum absolute atomic E-state index is 0.289. The normalized spacial score (nSPS) is 17.5. The average molecular weight is 588 g/mol. The number of alkyl halides is 18. The van der Waals surface area contributed by atoms with Crippen molar-refractivity contribution in [1.29, 1.82) is 0 Å². The maximum Gasteiger partial charge on any atom is 0.460 e. The van der Waals surface area contributed by atoms with E-state index in [1.165, 1.54) is 0 Å². The summed E-state index contributed by atoms with van der Waals surface area (Å²) in [6.45, 7) is 0.601. The van der Waals surface area contributed by atoms with E-state index in [2.05, 4.69) is 0 Å². The summed E-state index contributed by atoms with van der Waals surface area (Å²) in [5.41, 5.74) is 0. The highest BCUT2D eigenvalue weighted by Gasteiger charge is 2.95. The summed E-state index contributed by atoms with van der Waals surface area (Å²) in [7, 11) is 0. The zero-order valence-corrected chi connectivity index (χ0v) is 15.2. The second-order valence-corrected chi connectivity index (χ2v) is 6.95. The smallest absolute Gasteiger partial charge is 0.198 e. The molecular weight excluding hydrogens is 582 g/mol. The number of hydrogen-bond donors (Lipinski definition) is 0. The first-order valence-electron chi connectivity index (χ1n) is 6.58. The largest absolute Gasteiger partial charge is 0.460 e. The van der Waals surface area contributed by atoms with Crippen LogP contribution in [-0.4, -0.2) is 51.6 Å². The van der Waals surface area contributed by atoms with Crippen LogP contribution in [0.4, 0.5) is 74.6 Å². The van der Waals surface area contributed by atoms with E-state index in [9.17, 15) is 74.6 Å². The Morgan fingerprint density at radius 2 is 0.724 bits per heavy atom. The molecule has 0 spiro atoms. The number of rotatable bonds is 8. The topological polar surface area (TPSA) is 0 Å². The Morgan fingerprint density at radius 3 is 0.966 bits per heavy atom. The van der Waals surface area contributed by atoms with Gasteiger partial charge in [-0.2, -0.15) is 74.6 Å². The molecule has 0 radical (unpaired) electrons. The van der Waals surface area contributed by atoms with E-state index in [0.717, 1.165) is 0 Å². The lowest BCUT2D eigenvalue weighted by Crippen LogP contribution is -2.75. The molecule has 1 unspecified atom stereocenters. The lowest BCUT2D eigenvalue weighted by atomic mass is 9.88. The van der Waals surface area contributed by atoms with Crippen LogP contribution in [-0.2, 0) is 0 Å². The zero-order valence-electron chi connectivity index (χ0n) is 13.1. The molecule has 0 amide bonds. The van der Waals surface area contributed by atoms with Crippen LogP contribution in [0.5, 0.6) is 0 Å². The van der Waals surface area contributed by atoms with Crippen LogP contribution in [0.2, 0.25) is 0 Å². The van der Waals surface area contributed by atoms with Gasteiger partial charge in [0.25, 0.3) is 0 Å². The van der Waals surface area contributed by atoms with Crippen LogP contribution < -0.4 is 0 Å². The highest BCUT2D eigenvalue weighted by molar-refractivity contribution is 14.1. The summed E-state index contributed by atoms with van der Waals surface area (Å²) < 4.78 is 217. The molecule has 0 N–H and O–H groups in total. The molecule has 0 bridgehead atoms. The molecule has 0 aliphatic carbocycles. The predicted octanol–water partition coefficient (Wildman–Crippen LogP) is 7.21. The van der Waals surface area contributed by atoms with E-state index in [-0.39, 0.29) is 22.6 Å². The molecule has 0 rings (SSSR count). The van der Waals surface area contributed by atoms with E-state index >= 15 is 0 Å². The fourth-order valence-corrected chi connectivity index (χ4v) is 2.02. The molecular formula is C11H6F17I. The third-order valence-electron chi connectivity index (χ3n) is 3.50. The van der Waals surface area contributed by atoms with Gasteiger partial charge < -0.3 is 0 Å². The van der Waals surface area contributed by atoms with Crippen LogP contribution >= 0.6 is 22.6 Å². The predicted molar refractivity (Wildman–Crippen MR) is 68.8 cm³/mol. The molecule has 176 valence electrons. The van der Waals surface area contributed by atoms with Crippen molar-refractivity contribution in [2.75, 3.05) is 0 Å². The number of hydrogen-bond acceptors (Lipinski definition) is 0. The SMILES string of the molecule is CCC(I)C(F)(F)C(F)(F)C(F)(F)C(F)(F)C(F)(F)C(F)(F)C(F)(F)C(F)(F)F. The second-order valence-electron chi connectivity index (χ2n) is 5.44. The third kappa shape index (κ3) is 3.61. The molecule has 0 nitrogen and oxygen atoms in total. The standard InChI is InChI=1S/C11H6F17I/c1-2-3(29)4(12,13)5(14,15)6(16,17)7(18,19)8(20,21)9(22,23)10(24,25)11(26,27)28/h3H,2H2,1H3. The Balaban J connectivity index is 6.73. The first kappa shape index (κ1) is 28.5. The quantitative estimate of drug-likeness (QED) is 0.160. The van der Waals surface area contributed by atoms with Gasteiger partial charge in [-0.3, -0.25) is 0 Å². The molecule has 0 fully saturated rings. The van der Waals surface area contributed by atoms with Crippen molar-refractivity contribution >= 4 is 22.6 Å². The van der Waals surface area contributed by atoms with E-state index in [4.69, 9.17) is 0 Å². The molecule has 29 heavy (non-hydrogen) atoms. The highest BCUT2D eigenvalue weighted by Crippen LogP contribution is 2.64. The van der Waals surface area contributed by atoms with Crippen LogP contribution in [0, 0.1) is 0 Å². The Kier molecular flexibility index (Phi) is 7.19. The van der Waals surface area contributed by atoms with Crippen molar-refractivity contribution in [3.8, 4) is 0 Å². The lowest BCUT2D eigenvalue weighted by molar-refractivity contribution is -0.461. The number of halogens is 18. The van der Waals surface area contributed by atoms with Gasteiger partial charge in [-0.15, -0.1) is 0 Å². The maximum absolute atomic E-state index is 13.4. The van der Waals surface area contributed by atoms with Gasteiger partial charge >= 0.3 is 47.6 Å². The summed E-state index contributed by atoms with van der Waals surface area (Å²) in [5, 5.41) is 0. The zero-order chi connectivity index (χ0) is 24.3. The minimum atomic E-state index is -8.57. The minimum Gasteiger partial charge on any atom is -0.198 e. The first-order valence-corrected chi connectivity index (χ1v) is 7.83. The van der Waals surface area contributed by atoms with Gasteiger partial charge in [0.15, 0.2) is 0 Å². The monoisotopic (exact) mass is 588 g/mol. The van der Waals surface area contributed by atoms with Crippen molar-refractivity contribution in [2.24, 2.45) is 0 Å². The van der Waals surface area contributed by atoms with Gasteiger partial charge in [0.05, 0.1) is 3.92 Å². The second kappa shape index (κ2) is 7.30. The average Bonchev–Trinajstić information content (AvgIpc) is 2.51. The first-order chi connectivity index (χ1) is 12.2. The molecule has 0 aromatic carbocycles. The van der Waals surface area contributed by atoms with Gasteiger partial charge in [0.1, 0.15) is 0 Å². The summed E-state index contributed by atoms with van der Waals surface area (Å²) in [6.07, 6.45) is -8.93. The fourth-order valence-electron chi connectivity index (χ4n) is 1.63. The molecule has 0 saturated carbocycles. The van der Waals surface area contributed by atoms with Crippen LogP contribution in [0.3, 0.4) is 0 Å². The van der Waals surface area contributed by atoms with Crippen molar-refractivity contribution in [2.45, 2.75) is 64.9 Å². The molecule has 0 aromatic heterocycles. The van der Waals surface area contributed by atoms with E-state index in [0.29, 0.717) is 6.92 Å². The Morgan fingerprint density at radius 1 is 0.483 bits per heavy atom. The van der Waals surface area contributed by atoms with E-state index in [1.807, 2.05) is 0 Å².